The minimum atomic E-state index is -0.249. The summed E-state index contributed by atoms with van der Waals surface area (Å²) in [5, 5.41) is 6.36. The molecule has 0 aromatic heterocycles. The van der Waals surface area contributed by atoms with Crippen molar-refractivity contribution in [2.45, 2.75) is 38.6 Å². The highest BCUT2D eigenvalue weighted by Gasteiger charge is 2.18. The van der Waals surface area contributed by atoms with Gasteiger partial charge in [0, 0.05) is 31.1 Å². The molecule has 1 aliphatic rings. The molecule has 0 bridgehead atoms. The van der Waals surface area contributed by atoms with Crippen LogP contribution in [0.15, 0.2) is 24.3 Å². The smallest absolute Gasteiger partial charge is 0.315 e. The Labute approximate surface area is 142 Å². The van der Waals surface area contributed by atoms with Gasteiger partial charge in [0.15, 0.2) is 0 Å². The molecule has 1 atom stereocenters. The fourth-order valence-corrected chi connectivity index (χ4v) is 2.86. The number of carbonyl (C=O) groups excluding carboxylic acids is 2. The summed E-state index contributed by atoms with van der Waals surface area (Å²) in [4.78, 5) is 25.7. The number of rotatable bonds is 6. The highest BCUT2D eigenvalue weighted by molar-refractivity contribution is 6.30. The minimum Gasteiger partial charge on any atom is -0.343 e. The molecule has 0 saturated carbocycles. The predicted molar refractivity (Wildman–Crippen MR) is 91.4 cm³/mol. The molecule has 23 heavy (non-hydrogen) atoms. The molecule has 6 heteroatoms. The molecule has 1 aromatic rings. The van der Waals surface area contributed by atoms with E-state index in [-0.39, 0.29) is 18.0 Å². The van der Waals surface area contributed by atoms with E-state index in [1.165, 1.54) is 0 Å². The Hall–Kier alpha value is -1.75. The lowest BCUT2D eigenvalue weighted by molar-refractivity contribution is -0.129. The number of amides is 3. The Morgan fingerprint density at radius 3 is 2.48 bits per heavy atom. The Morgan fingerprint density at radius 2 is 1.87 bits per heavy atom. The van der Waals surface area contributed by atoms with Crippen LogP contribution in [0.2, 0.25) is 5.02 Å². The van der Waals surface area contributed by atoms with Gasteiger partial charge in [-0.3, -0.25) is 4.79 Å². The van der Waals surface area contributed by atoms with Gasteiger partial charge >= 0.3 is 6.03 Å². The molecule has 1 aliphatic heterocycles. The first-order valence-corrected chi connectivity index (χ1v) is 8.55. The molecule has 1 heterocycles. The van der Waals surface area contributed by atoms with Crippen molar-refractivity contribution in [1.29, 1.82) is 0 Å². The van der Waals surface area contributed by atoms with Crippen molar-refractivity contribution < 1.29 is 9.59 Å². The second-order valence-electron chi connectivity index (χ2n) is 5.75. The summed E-state index contributed by atoms with van der Waals surface area (Å²) >= 11 is 5.88. The number of nitrogens with one attached hydrogen (secondary N) is 2. The molecule has 0 spiro atoms. The largest absolute Gasteiger partial charge is 0.343 e. The minimum absolute atomic E-state index is 0.0680. The number of urea groups is 1. The van der Waals surface area contributed by atoms with Crippen molar-refractivity contribution in [3.8, 4) is 0 Å². The number of likely N-dealkylation sites (tertiary alicyclic amines) is 1. The number of benzene rings is 1. The van der Waals surface area contributed by atoms with Gasteiger partial charge in [-0.25, -0.2) is 4.79 Å². The van der Waals surface area contributed by atoms with E-state index in [9.17, 15) is 9.59 Å². The van der Waals surface area contributed by atoms with Gasteiger partial charge in [-0.1, -0.05) is 30.7 Å². The first-order chi connectivity index (χ1) is 11.1. The van der Waals surface area contributed by atoms with Crippen molar-refractivity contribution in [2.24, 2.45) is 0 Å². The first-order valence-electron chi connectivity index (χ1n) is 8.17. The third-order valence-electron chi connectivity index (χ3n) is 4.07. The molecule has 0 radical (unpaired) electrons. The van der Waals surface area contributed by atoms with Gasteiger partial charge < -0.3 is 15.5 Å². The topological polar surface area (TPSA) is 61.4 Å². The van der Waals surface area contributed by atoms with E-state index >= 15 is 0 Å². The predicted octanol–water partition coefficient (Wildman–Crippen LogP) is 3.10. The number of hydrogen-bond acceptors (Lipinski definition) is 2. The van der Waals surface area contributed by atoms with Crippen molar-refractivity contribution in [1.82, 2.24) is 15.5 Å². The maximum atomic E-state index is 12.0. The summed E-state index contributed by atoms with van der Waals surface area (Å²) in [6, 6.07) is 7.13. The van der Waals surface area contributed by atoms with Crippen LogP contribution in [0.4, 0.5) is 4.79 Å². The van der Waals surface area contributed by atoms with E-state index in [0.717, 1.165) is 37.9 Å². The van der Waals surface area contributed by atoms with Crippen molar-refractivity contribution in [2.75, 3.05) is 19.6 Å². The van der Waals surface area contributed by atoms with Crippen LogP contribution < -0.4 is 10.6 Å². The van der Waals surface area contributed by atoms with Crippen LogP contribution in [0.3, 0.4) is 0 Å². The van der Waals surface area contributed by atoms with Crippen LogP contribution in [0, 0.1) is 0 Å². The van der Waals surface area contributed by atoms with Crippen LogP contribution in [-0.4, -0.2) is 36.5 Å². The molecule has 5 nitrogen and oxygen atoms in total. The molecule has 126 valence electrons. The van der Waals surface area contributed by atoms with Crippen LogP contribution in [-0.2, 0) is 4.79 Å². The Kier molecular flexibility index (Phi) is 6.71. The Balaban J connectivity index is 1.74. The van der Waals surface area contributed by atoms with Crippen molar-refractivity contribution in [3.05, 3.63) is 34.9 Å². The second kappa shape index (κ2) is 8.77. The van der Waals surface area contributed by atoms with Crippen LogP contribution >= 0.6 is 11.6 Å². The van der Waals surface area contributed by atoms with E-state index in [2.05, 4.69) is 10.6 Å². The lowest BCUT2D eigenvalue weighted by Gasteiger charge is -2.19. The van der Waals surface area contributed by atoms with Crippen LogP contribution in [0.1, 0.15) is 44.2 Å². The van der Waals surface area contributed by atoms with E-state index in [1.54, 1.807) is 0 Å². The van der Waals surface area contributed by atoms with E-state index in [1.807, 2.05) is 36.1 Å². The maximum absolute atomic E-state index is 12.0. The first kappa shape index (κ1) is 17.6. The molecule has 3 amide bonds. The van der Waals surface area contributed by atoms with Crippen LogP contribution in [0.5, 0.6) is 0 Å². The monoisotopic (exact) mass is 337 g/mol. The molecule has 1 aromatic carbocycles. The molecule has 2 N–H and O–H groups in total. The Morgan fingerprint density at radius 1 is 1.22 bits per heavy atom. The lowest BCUT2D eigenvalue weighted by Crippen LogP contribution is -2.40. The molecular formula is C17H24ClN3O2. The third-order valence-corrected chi connectivity index (χ3v) is 4.32. The highest BCUT2D eigenvalue weighted by Crippen LogP contribution is 2.19. The highest BCUT2D eigenvalue weighted by atomic mass is 35.5. The quantitative estimate of drug-likeness (QED) is 0.838. The Bertz CT molecular complexity index is 527. The molecule has 2 rings (SSSR count). The molecule has 1 saturated heterocycles. The summed E-state index contributed by atoms with van der Waals surface area (Å²) < 4.78 is 0. The average Bonchev–Trinajstić information content (AvgIpc) is 3.08. The lowest BCUT2D eigenvalue weighted by atomic mass is 10.1. The number of halogens is 1. The summed E-state index contributed by atoms with van der Waals surface area (Å²) in [6.07, 6.45) is 3.30. The molecular weight excluding hydrogens is 314 g/mol. The van der Waals surface area contributed by atoms with Crippen molar-refractivity contribution in [3.63, 3.8) is 0 Å². The van der Waals surface area contributed by atoms with Gasteiger partial charge in [-0.2, -0.15) is 0 Å². The summed E-state index contributed by atoms with van der Waals surface area (Å²) in [6.45, 7) is 4.06. The zero-order valence-electron chi connectivity index (χ0n) is 13.5. The number of carbonyl (C=O) groups is 2. The number of nitrogens with zero attached hydrogens (tertiary/aromatic N) is 1. The third kappa shape index (κ3) is 5.43. The fourth-order valence-electron chi connectivity index (χ4n) is 2.73. The van der Waals surface area contributed by atoms with Gasteiger partial charge in [0.25, 0.3) is 0 Å². The molecule has 1 unspecified atom stereocenters. The number of hydrogen-bond donors (Lipinski definition) is 2. The van der Waals surface area contributed by atoms with E-state index in [4.69, 9.17) is 11.6 Å². The fraction of sp³-hybridized carbons (Fsp3) is 0.529. The van der Waals surface area contributed by atoms with Gasteiger partial charge in [-0.15, -0.1) is 0 Å². The van der Waals surface area contributed by atoms with E-state index < -0.39 is 0 Å². The molecule has 1 fully saturated rings. The average molecular weight is 338 g/mol. The van der Waals surface area contributed by atoms with Gasteiger partial charge in [-0.05, 0) is 37.0 Å². The summed E-state index contributed by atoms with van der Waals surface area (Å²) in [5.74, 6) is 0.118. The second-order valence-corrected chi connectivity index (χ2v) is 6.19. The SMILES string of the molecule is CCC(NC(=O)NCCC(=O)N1CCCC1)c1ccc(Cl)cc1. The zero-order chi connectivity index (χ0) is 16.7. The van der Waals surface area contributed by atoms with Crippen molar-refractivity contribution >= 4 is 23.5 Å². The van der Waals surface area contributed by atoms with E-state index in [0.29, 0.717) is 18.0 Å². The summed E-state index contributed by atoms with van der Waals surface area (Å²) in [5.41, 5.74) is 1.01. The zero-order valence-corrected chi connectivity index (χ0v) is 14.2. The summed E-state index contributed by atoms with van der Waals surface area (Å²) in [7, 11) is 0. The molecule has 0 aliphatic carbocycles. The standard InChI is InChI=1S/C17H24ClN3O2/c1-2-15(13-5-7-14(18)8-6-13)20-17(23)19-10-9-16(22)21-11-3-4-12-21/h5-8,15H,2-4,9-12H2,1H3,(H2,19,20,23). The van der Waals surface area contributed by atoms with Gasteiger partial charge in [0.2, 0.25) is 5.91 Å². The maximum Gasteiger partial charge on any atom is 0.315 e. The van der Waals surface area contributed by atoms with Crippen LogP contribution in [0.25, 0.3) is 0 Å². The van der Waals surface area contributed by atoms with Gasteiger partial charge in [0.1, 0.15) is 0 Å². The van der Waals surface area contributed by atoms with Gasteiger partial charge in [0.05, 0.1) is 6.04 Å². The normalized spacial score (nSPS) is 15.3.